The number of hydrogen-bond donors (Lipinski definition) is 2. The average molecular weight is 508 g/mol. The number of benzene rings is 2. The Bertz CT molecular complexity index is 1170. The van der Waals surface area contributed by atoms with E-state index in [-0.39, 0.29) is 17.2 Å². The molecule has 0 aliphatic heterocycles. The SMILES string of the molecule is C=CCn1c(SCC(=O)Nc2cc(Cl)cc(Cl)c2)nnc1[C@@H](C)NC(=O)c1ccccc1F. The number of amides is 2. The monoisotopic (exact) mass is 507 g/mol. The molecule has 0 radical (unpaired) electrons. The quantitative estimate of drug-likeness (QED) is 0.309. The summed E-state index contributed by atoms with van der Waals surface area (Å²) in [4.78, 5) is 24.8. The van der Waals surface area contributed by atoms with E-state index < -0.39 is 17.8 Å². The average Bonchev–Trinajstić information content (AvgIpc) is 3.14. The highest BCUT2D eigenvalue weighted by Crippen LogP contribution is 2.24. The molecule has 0 unspecified atom stereocenters. The molecule has 0 fully saturated rings. The number of nitrogens with one attached hydrogen (secondary N) is 2. The van der Waals surface area contributed by atoms with Crippen molar-refractivity contribution in [2.75, 3.05) is 11.1 Å². The van der Waals surface area contributed by atoms with Crippen molar-refractivity contribution in [3.8, 4) is 0 Å². The van der Waals surface area contributed by atoms with E-state index in [2.05, 4.69) is 27.4 Å². The van der Waals surface area contributed by atoms with Crippen molar-refractivity contribution in [3.63, 3.8) is 0 Å². The van der Waals surface area contributed by atoms with Crippen LogP contribution in [0.15, 0.2) is 60.3 Å². The fourth-order valence-corrected chi connectivity index (χ4v) is 4.25. The maximum atomic E-state index is 13.9. The molecule has 0 spiro atoms. The van der Waals surface area contributed by atoms with Gasteiger partial charge in [0.05, 0.1) is 17.4 Å². The summed E-state index contributed by atoms with van der Waals surface area (Å²) in [6.07, 6.45) is 1.65. The van der Waals surface area contributed by atoms with Crippen molar-refractivity contribution in [1.82, 2.24) is 20.1 Å². The van der Waals surface area contributed by atoms with E-state index in [1.165, 1.54) is 30.0 Å². The molecule has 0 aliphatic rings. The Kier molecular flexibility index (Phi) is 8.49. The standard InChI is InChI=1S/C22H20Cl2FN5O2S/c1-3-8-30-20(13(2)26-21(32)17-6-4-5-7-18(17)25)28-29-22(30)33-12-19(31)27-16-10-14(23)9-15(24)11-16/h3-7,9-11,13H,1,8,12H2,2H3,(H,26,32)(H,27,31)/t13-/m1/s1. The molecule has 2 aromatic carbocycles. The number of carbonyl (C=O) groups is 2. The van der Waals surface area contributed by atoms with Crippen LogP contribution in [0.3, 0.4) is 0 Å². The molecule has 3 aromatic rings. The summed E-state index contributed by atoms with van der Waals surface area (Å²) in [6, 6.07) is 9.90. The van der Waals surface area contributed by atoms with Gasteiger partial charge in [0, 0.05) is 22.3 Å². The molecule has 11 heteroatoms. The molecule has 2 amide bonds. The first kappa shape index (κ1) is 24.8. The van der Waals surface area contributed by atoms with Crippen LogP contribution < -0.4 is 10.6 Å². The Balaban J connectivity index is 1.68. The van der Waals surface area contributed by atoms with Crippen LogP contribution >= 0.6 is 35.0 Å². The summed E-state index contributed by atoms with van der Waals surface area (Å²) in [5.74, 6) is -0.964. The Labute approximate surface area is 204 Å². The third-order valence-electron chi connectivity index (χ3n) is 4.39. The van der Waals surface area contributed by atoms with Gasteiger partial charge in [-0.05, 0) is 37.3 Å². The van der Waals surface area contributed by atoms with Gasteiger partial charge in [0.25, 0.3) is 5.91 Å². The number of rotatable bonds is 9. The summed E-state index contributed by atoms with van der Waals surface area (Å²) in [5, 5.41) is 15.0. The zero-order valence-electron chi connectivity index (χ0n) is 17.5. The Hall–Kier alpha value is -2.88. The number of halogens is 3. The van der Waals surface area contributed by atoms with E-state index in [9.17, 15) is 14.0 Å². The minimum atomic E-state index is -0.613. The van der Waals surface area contributed by atoms with Crippen LogP contribution in [-0.2, 0) is 11.3 Å². The number of anilines is 1. The van der Waals surface area contributed by atoms with Gasteiger partial charge < -0.3 is 15.2 Å². The van der Waals surface area contributed by atoms with Crippen molar-refractivity contribution >= 4 is 52.5 Å². The molecule has 7 nitrogen and oxygen atoms in total. The number of allylic oxidation sites excluding steroid dienone is 1. The molecule has 172 valence electrons. The Morgan fingerprint density at radius 3 is 2.58 bits per heavy atom. The van der Waals surface area contributed by atoms with Crippen LogP contribution in [0.25, 0.3) is 0 Å². The van der Waals surface area contributed by atoms with Gasteiger partial charge in [-0.2, -0.15) is 0 Å². The Morgan fingerprint density at radius 2 is 1.91 bits per heavy atom. The zero-order valence-corrected chi connectivity index (χ0v) is 19.8. The summed E-state index contributed by atoms with van der Waals surface area (Å²) >= 11 is 13.1. The third-order valence-corrected chi connectivity index (χ3v) is 5.79. The summed E-state index contributed by atoms with van der Waals surface area (Å²) in [7, 11) is 0. The molecule has 0 saturated heterocycles. The van der Waals surface area contributed by atoms with Gasteiger partial charge in [-0.25, -0.2) is 4.39 Å². The van der Waals surface area contributed by atoms with Crippen molar-refractivity contribution in [1.29, 1.82) is 0 Å². The largest absolute Gasteiger partial charge is 0.342 e. The second kappa shape index (κ2) is 11.3. The minimum absolute atomic E-state index is 0.0510. The molecular weight excluding hydrogens is 488 g/mol. The van der Waals surface area contributed by atoms with Gasteiger partial charge in [-0.3, -0.25) is 9.59 Å². The zero-order chi connectivity index (χ0) is 24.0. The third kappa shape index (κ3) is 6.56. The van der Waals surface area contributed by atoms with E-state index in [0.717, 1.165) is 0 Å². The molecule has 0 bridgehead atoms. The van der Waals surface area contributed by atoms with E-state index in [4.69, 9.17) is 23.2 Å². The normalized spacial score (nSPS) is 11.6. The predicted molar refractivity (Wildman–Crippen MR) is 128 cm³/mol. The molecule has 1 aromatic heterocycles. The van der Waals surface area contributed by atoms with Gasteiger partial charge in [0.2, 0.25) is 5.91 Å². The van der Waals surface area contributed by atoms with Crippen LogP contribution in [0, 0.1) is 5.82 Å². The smallest absolute Gasteiger partial charge is 0.254 e. The molecule has 0 saturated carbocycles. The van der Waals surface area contributed by atoms with Crippen molar-refractivity contribution < 1.29 is 14.0 Å². The van der Waals surface area contributed by atoms with Crippen LogP contribution in [0.4, 0.5) is 10.1 Å². The number of aromatic nitrogens is 3. The molecule has 33 heavy (non-hydrogen) atoms. The Morgan fingerprint density at radius 1 is 1.21 bits per heavy atom. The molecule has 1 atom stereocenters. The molecular formula is C22H20Cl2FN5O2S. The van der Waals surface area contributed by atoms with Gasteiger partial charge in [0.1, 0.15) is 5.82 Å². The van der Waals surface area contributed by atoms with E-state index in [0.29, 0.717) is 33.3 Å². The fourth-order valence-electron chi connectivity index (χ4n) is 2.97. The predicted octanol–water partition coefficient (Wildman–Crippen LogP) is 5.13. The maximum absolute atomic E-state index is 13.9. The van der Waals surface area contributed by atoms with Crippen LogP contribution in [0.2, 0.25) is 10.0 Å². The van der Waals surface area contributed by atoms with E-state index in [1.807, 2.05) is 0 Å². The van der Waals surface area contributed by atoms with Crippen LogP contribution in [-0.4, -0.2) is 32.3 Å². The number of thioether (sulfide) groups is 1. The van der Waals surface area contributed by atoms with Crippen molar-refractivity contribution in [2.45, 2.75) is 24.7 Å². The van der Waals surface area contributed by atoms with E-state index in [1.54, 1.807) is 41.8 Å². The first-order valence-corrected chi connectivity index (χ1v) is 11.5. The number of carbonyl (C=O) groups excluding carboxylic acids is 2. The fraction of sp³-hybridized carbons (Fsp3) is 0.182. The lowest BCUT2D eigenvalue weighted by Gasteiger charge is -2.15. The van der Waals surface area contributed by atoms with Gasteiger partial charge in [-0.1, -0.05) is 53.2 Å². The molecule has 2 N–H and O–H groups in total. The summed E-state index contributed by atoms with van der Waals surface area (Å²) in [6.45, 7) is 5.81. The molecule has 3 rings (SSSR count). The van der Waals surface area contributed by atoms with Gasteiger partial charge in [-0.15, -0.1) is 16.8 Å². The van der Waals surface area contributed by atoms with Crippen LogP contribution in [0.5, 0.6) is 0 Å². The minimum Gasteiger partial charge on any atom is -0.342 e. The maximum Gasteiger partial charge on any atom is 0.254 e. The van der Waals surface area contributed by atoms with Crippen molar-refractivity contribution in [2.24, 2.45) is 0 Å². The lowest BCUT2D eigenvalue weighted by molar-refractivity contribution is -0.113. The topological polar surface area (TPSA) is 88.9 Å². The van der Waals surface area contributed by atoms with Crippen molar-refractivity contribution in [3.05, 3.63) is 82.4 Å². The van der Waals surface area contributed by atoms with E-state index >= 15 is 0 Å². The van der Waals surface area contributed by atoms with Gasteiger partial charge in [0.15, 0.2) is 11.0 Å². The highest BCUT2D eigenvalue weighted by molar-refractivity contribution is 7.99. The highest BCUT2D eigenvalue weighted by Gasteiger charge is 2.21. The summed E-state index contributed by atoms with van der Waals surface area (Å²) in [5.41, 5.74) is 0.419. The first-order chi connectivity index (χ1) is 15.8. The lowest BCUT2D eigenvalue weighted by Crippen LogP contribution is -2.29. The second-order valence-corrected chi connectivity index (χ2v) is 8.73. The second-order valence-electron chi connectivity index (χ2n) is 6.91. The highest BCUT2D eigenvalue weighted by atomic mass is 35.5. The van der Waals surface area contributed by atoms with Gasteiger partial charge >= 0.3 is 0 Å². The lowest BCUT2D eigenvalue weighted by atomic mass is 10.2. The summed E-state index contributed by atoms with van der Waals surface area (Å²) < 4.78 is 15.6. The molecule has 0 aliphatic carbocycles. The molecule has 1 heterocycles. The first-order valence-electron chi connectivity index (χ1n) is 9.76. The number of nitrogens with zero attached hydrogens (tertiary/aromatic N) is 3. The number of hydrogen-bond acceptors (Lipinski definition) is 5. The van der Waals surface area contributed by atoms with Crippen LogP contribution in [0.1, 0.15) is 29.1 Å².